The normalized spacial score (nSPS) is 16.4. The zero-order valence-corrected chi connectivity index (χ0v) is 14.8. The number of hydrogen-bond acceptors (Lipinski definition) is 3. The number of rotatable bonds is 5. The van der Waals surface area contributed by atoms with Gasteiger partial charge in [-0.05, 0) is 67.2 Å². The predicted octanol–water partition coefficient (Wildman–Crippen LogP) is 4.41. The lowest BCUT2D eigenvalue weighted by Crippen LogP contribution is -2.32. The molecule has 0 atom stereocenters. The number of likely N-dealkylation sites (tertiary alicyclic amines) is 1. The molecular formula is C21H26N4. The molecule has 1 saturated heterocycles. The Morgan fingerprint density at radius 3 is 2.64 bits per heavy atom. The quantitative estimate of drug-likeness (QED) is 0.726. The fraction of sp³-hybridized carbons (Fsp3) is 0.381. The van der Waals surface area contributed by atoms with Gasteiger partial charge in [-0.2, -0.15) is 0 Å². The Kier molecular flexibility index (Phi) is 4.70. The van der Waals surface area contributed by atoms with Gasteiger partial charge in [-0.25, -0.2) is 4.98 Å². The van der Waals surface area contributed by atoms with E-state index in [9.17, 15) is 0 Å². The minimum Gasteiger partial charge on any atom is -0.381 e. The fourth-order valence-electron chi connectivity index (χ4n) is 3.50. The third kappa shape index (κ3) is 4.02. The number of nitrogens with zero attached hydrogens (tertiary/aromatic N) is 2. The van der Waals surface area contributed by atoms with Gasteiger partial charge >= 0.3 is 0 Å². The summed E-state index contributed by atoms with van der Waals surface area (Å²) < 4.78 is 0. The molecule has 1 aliphatic rings. The van der Waals surface area contributed by atoms with Crippen molar-refractivity contribution in [3.05, 3.63) is 59.9 Å². The van der Waals surface area contributed by atoms with Crippen molar-refractivity contribution in [1.29, 1.82) is 0 Å². The first-order valence-electron chi connectivity index (χ1n) is 9.23. The van der Waals surface area contributed by atoms with Crippen molar-refractivity contribution in [1.82, 2.24) is 14.9 Å². The first-order chi connectivity index (χ1) is 12.3. The van der Waals surface area contributed by atoms with Crippen LogP contribution in [0.4, 0.5) is 5.69 Å². The lowest BCUT2D eigenvalue weighted by molar-refractivity contribution is 0.185. The Morgan fingerprint density at radius 2 is 1.84 bits per heavy atom. The van der Waals surface area contributed by atoms with E-state index in [2.05, 4.69) is 69.6 Å². The molecule has 4 nitrogen and oxygen atoms in total. The van der Waals surface area contributed by atoms with E-state index in [-0.39, 0.29) is 0 Å². The van der Waals surface area contributed by atoms with Crippen LogP contribution < -0.4 is 5.32 Å². The largest absolute Gasteiger partial charge is 0.381 e. The highest BCUT2D eigenvalue weighted by Crippen LogP contribution is 2.19. The summed E-state index contributed by atoms with van der Waals surface area (Å²) in [5, 5.41) is 3.51. The minimum atomic E-state index is 0.818. The summed E-state index contributed by atoms with van der Waals surface area (Å²) in [5.41, 5.74) is 5.92. The van der Waals surface area contributed by atoms with Crippen molar-refractivity contribution in [2.75, 3.05) is 18.4 Å². The van der Waals surface area contributed by atoms with Gasteiger partial charge in [0.15, 0.2) is 0 Å². The number of aromatic amines is 1. The van der Waals surface area contributed by atoms with Crippen molar-refractivity contribution < 1.29 is 0 Å². The molecule has 4 rings (SSSR count). The maximum Gasteiger partial charge on any atom is 0.0931 e. The lowest BCUT2D eigenvalue weighted by Gasteiger charge is -2.30. The third-order valence-electron chi connectivity index (χ3n) is 5.22. The molecule has 0 bridgehead atoms. The summed E-state index contributed by atoms with van der Waals surface area (Å²) in [5.74, 6) is 0.892. The van der Waals surface area contributed by atoms with Gasteiger partial charge in [0.2, 0.25) is 0 Å². The Labute approximate surface area is 149 Å². The molecule has 1 aliphatic heterocycles. The summed E-state index contributed by atoms with van der Waals surface area (Å²) in [7, 11) is 0. The number of aromatic nitrogens is 2. The first kappa shape index (κ1) is 16.2. The van der Waals surface area contributed by atoms with Crippen molar-refractivity contribution in [2.45, 2.75) is 32.9 Å². The van der Waals surface area contributed by atoms with Crippen LogP contribution in [0.1, 0.15) is 30.9 Å². The van der Waals surface area contributed by atoms with Crippen molar-refractivity contribution in [3.8, 4) is 0 Å². The number of benzene rings is 2. The number of fused-ring (bicyclic) bond motifs is 1. The zero-order valence-electron chi connectivity index (χ0n) is 14.8. The van der Waals surface area contributed by atoms with Crippen LogP contribution >= 0.6 is 0 Å². The van der Waals surface area contributed by atoms with E-state index in [4.69, 9.17) is 0 Å². The third-order valence-corrected chi connectivity index (χ3v) is 5.22. The van der Waals surface area contributed by atoms with Gasteiger partial charge < -0.3 is 10.3 Å². The highest BCUT2D eigenvalue weighted by Gasteiger charge is 2.15. The van der Waals surface area contributed by atoms with Gasteiger partial charge in [0.25, 0.3) is 0 Å². The molecule has 130 valence electrons. The van der Waals surface area contributed by atoms with E-state index in [1.54, 1.807) is 6.33 Å². The van der Waals surface area contributed by atoms with Crippen LogP contribution in [-0.4, -0.2) is 28.0 Å². The Hall–Kier alpha value is -2.33. The summed E-state index contributed by atoms with van der Waals surface area (Å²) in [6, 6.07) is 15.2. The monoisotopic (exact) mass is 334 g/mol. The summed E-state index contributed by atoms with van der Waals surface area (Å²) >= 11 is 0. The number of anilines is 1. The predicted molar refractivity (Wildman–Crippen MR) is 104 cm³/mol. The van der Waals surface area contributed by atoms with Gasteiger partial charge in [-0.3, -0.25) is 4.90 Å². The SMILES string of the molecule is CC1CCN(Cc2ccc(NCc3ccc4nc[nH]c4c3)cc2)CC1. The van der Waals surface area contributed by atoms with Crippen LogP contribution in [0.25, 0.3) is 11.0 Å². The van der Waals surface area contributed by atoms with E-state index < -0.39 is 0 Å². The van der Waals surface area contributed by atoms with Crippen LogP contribution in [0.3, 0.4) is 0 Å². The Bertz CT molecular complexity index is 813. The van der Waals surface area contributed by atoms with Crippen molar-refractivity contribution in [3.63, 3.8) is 0 Å². The van der Waals surface area contributed by atoms with Crippen molar-refractivity contribution >= 4 is 16.7 Å². The topological polar surface area (TPSA) is 44.0 Å². The van der Waals surface area contributed by atoms with E-state index >= 15 is 0 Å². The molecule has 2 heterocycles. The molecule has 25 heavy (non-hydrogen) atoms. The fourth-order valence-corrected chi connectivity index (χ4v) is 3.50. The van der Waals surface area contributed by atoms with E-state index in [1.165, 1.54) is 42.7 Å². The lowest BCUT2D eigenvalue weighted by atomic mass is 9.99. The molecule has 0 saturated carbocycles. The molecule has 2 N–H and O–H groups in total. The number of hydrogen-bond donors (Lipinski definition) is 2. The molecular weight excluding hydrogens is 308 g/mol. The number of nitrogens with one attached hydrogen (secondary N) is 2. The molecule has 2 aromatic carbocycles. The number of imidazole rings is 1. The second-order valence-electron chi connectivity index (χ2n) is 7.26. The van der Waals surface area contributed by atoms with E-state index in [0.717, 1.165) is 30.0 Å². The van der Waals surface area contributed by atoms with Gasteiger partial charge in [0, 0.05) is 18.8 Å². The van der Waals surface area contributed by atoms with Crippen LogP contribution in [0, 0.1) is 5.92 Å². The minimum absolute atomic E-state index is 0.818. The van der Waals surface area contributed by atoms with Crippen molar-refractivity contribution in [2.24, 2.45) is 5.92 Å². The summed E-state index contributed by atoms with van der Waals surface area (Å²) in [6.07, 6.45) is 4.41. The average Bonchev–Trinajstić information content (AvgIpc) is 3.11. The first-order valence-corrected chi connectivity index (χ1v) is 9.23. The molecule has 0 unspecified atom stereocenters. The average molecular weight is 334 g/mol. The Morgan fingerprint density at radius 1 is 1.08 bits per heavy atom. The van der Waals surface area contributed by atoms with E-state index in [1.807, 2.05) is 0 Å². The number of H-pyrrole nitrogens is 1. The molecule has 0 spiro atoms. The molecule has 0 aliphatic carbocycles. The van der Waals surface area contributed by atoms with E-state index in [0.29, 0.717) is 0 Å². The van der Waals surface area contributed by atoms with Crippen LogP contribution in [-0.2, 0) is 13.1 Å². The zero-order chi connectivity index (χ0) is 17.1. The molecule has 1 fully saturated rings. The maximum atomic E-state index is 4.26. The summed E-state index contributed by atoms with van der Waals surface area (Å²) in [6.45, 7) is 6.72. The number of piperidine rings is 1. The highest BCUT2D eigenvalue weighted by molar-refractivity contribution is 5.75. The smallest absolute Gasteiger partial charge is 0.0931 e. The van der Waals surface area contributed by atoms with Crippen LogP contribution in [0.2, 0.25) is 0 Å². The van der Waals surface area contributed by atoms with Gasteiger partial charge in [-0.1, -0.05) is 25.1 Å². The van der Waals surface area contributed by atoms with Gasteiger partial charge in [-0.15, -0.1) is 0 Å². The van der Waals surface area contributed by atoms with Gasteiger partial charge in [0.05, 0.1) is 17.4 Å². The Balaban J connectivity index is 1.32. The second kappa shape index (κ2) is 7.28. The molecule has 4 heteroatoms. The molecule has 1 aromatic heterocycles. The maximum absolute atomic E-state index is 4.26. The summed E-state index contributed by atoms with van der Waals surface area (Å²) in [4.78, 5) is 9.99. The highest BCUT2D eigenvalue weighted by atomic mass is 15.1. The molecule has 0 radical (unpaired) electrons. The molecule has 0 amide bonds. The van der Waals surface area contributed by atoms with Gasteiger partial charge in [0.1, 0.15) is 0 Å². The molecule has 3 aromatic rings. The second-order valence-corrected chi connectivity index (χ2v) is 7.26. The van der Waals surface area contributed by atoms with Crippen LogP contribution in [0.5, 0.6) is 0 Å². The standard InChI is InChI=1S/C21H26N4/c1-16-8-10-25(11-9-16)14-17-2-5-19(6-3-17)22-13-18-4-7-20-21(12-18)24-15-23-20/h2-7,12,15-16,22H,8-11,13-14H2,1H3,(H,23,24). The van der Waals surface area contributed by atoms with Crippen LogP contribution in [0.15, 0.2) is 48.8 Å².